The molecule has 11 heteroatoms. The number of likely N-dealkylation sites (N-methyl/N-ethyl adjacent to an activating group) is 1. The van der Waals surface area contributed by atoms with Crippen LogP contribution in [0.15, 0.2) is 34.8 Å². The molecule has 0 fully saturated rings. The first kappa shape index (κ1) is 24.9. The number of Topliss-reactive ketones (excluding diaryl/α,β-unsaturated/α-hetero) is 2. The highest BCUT2D eigenvalue weighted by Crippen LogP contribution is 2.52. The molecule has 3 aliphatic rings. The lowest BCUT2D eigenvalue weighted by Crippen LogP contribution is -2.63. The van der Waals surface area contributed by atoms with Crippen molar-refractivity contribution in [1.82, 2.24) is 10.2 Å². The van der Waals surface area contributed by atoms with E-state index in [0.29, 0.717) is 11.1 Å². The van der Waals surface area contributed by atoms with Gasteiger partial charge in [0.2, 0.25) is 5.78 Å². The molecular formula is C24H29N3O8. The average Bonchev–Trinajstić information content (AvgIpc) is 2.77. The molecule has 0 unspecified atom stereocenters. The van der Waals surface area contributed by atoms with Gasteiger partial charge in [0.15, 0.2) is 11.4 Å². The Bertz CT molecular complexity index is 1190. The third-order valence-electron chi connectivity index (χ3n) is 7.24. The predicted octanol–water partition coefficient (Wildman–Crippen LogP) is -0.186. The minimum absolute atomic E-state index is 0.0116. The lowest BCUT2D eigenvalue weighted by atomic mass is 9.58. The van der Waals surface area contributed by atoms with E-state index in [1.807, 2.05) is 0 Å². The first-order valence-electron chi connectivity index (χ1n) is 11.1. The average molecular weight is 488 g/mol. The maximum absolute atomic E-state index is 13.6. The fourth-order valence-electron chi connectivity index (χ4n) is 5.70. The summed E-state index contributed by atoms with van der Waals surface area (Å²) in [5, 5.41) is 47.4. The Morgan fingerprint density at radius 1 is 1.26 bits per heavy atom. The summed E-state index contributed by atoms with van der Waals surface area (Å²) >= 11 is 0. The van der Waals surface area contributed by atoms with Gasteiger partial charge in [-0.05, 0) is 38.4 Å². The molecule has 1 aromatic carbocycles. The quantitative estimate of drug-likeness (QED) is 0.179. The first-order valence-corrected chi connectivity index (χ1v) is 11.1. The van der Waals surface area contributed by atoms with E-state index in [-0.39, 0.29) is 43.0 Å². The number of amides is 1. The highest BCUT2D eigenvalue weighted by atomic mass is 16.5. The third-order valence-corrected chi connectivity index (χ3v) is 7.24. The molecule has 0 saturated carbocycles. The molecule has 0 heterocycles. The van der Waals surface area contributed by atoms with Gasteiger partial charge in [-0.1, -0.05) is 12.1 Å². The van der Waals surface area contributed by atoms with Crippen molar-refractivity contribution < 1.29 is 39.5 Å². The highest BCUT2D eigenvalue weighted by molar-refractivity contribution is 6.24. The third kappa shape index (κ3) is 3.54. The van der Waals surface area contributed by atoms with Crippen molar-refractivity contribution in [3.8, 4) is 5.75 Å². The van der Waals surface area contributed by atoms with Crippen molar-refractivity contribution in [1.29, 1.82) is 0 Å². The Morgan fingerprint density at radius 3 is 2.54 bits per heavy atom. The number of hydrogen-bond acceptors (Lipinski definition) is 10. The monoisotopic (exact) mass is 487 g/mol. The second kappa shape index (κ2) is 8.76. The van der Waals surface area contributed by atoms with E-state index >= 15 is 0 Å². The van der Waals surface area contributed by atoms with Crippen LogP contribution >= 0.6 is 0 Å². The van der Waals surface area contributed by atoms with Gasteiger partial charge >= 0.3 is 0 Å². The number of nitrogens with one attached hydrogen (secondary N) is 1. The summed E-state index contributed by atoms with van der Waals surface area (Å²) in [5.41, 5.74) is 2.67. The van der Waals surface area contributed by atoms with Crippen molar-refractivity contribution in [2.24, 2.45) is 17.6 Å². The zero-order chi connectivity index (χ0) is 25.8. The number of phenolic OH excluding ortho intramolecular Hbond substituents is 1. The highest BCUT2D eigenvalue weighted by Gasteiger charge is 2.63. The minimum Gasteiger partial charge on any atom is -0.510 e. The molecule has 1 amide bonds. The normalized spacial score (nSPS) is 28.2. The number of carbonyl (C=O) groups is 3. The summed E-state index contributed by atoms with van der Waals surface area (Å²) in [4.78, 5) is 40.3. The number of phenols is 1. The number of primary amides is 1. The Morgan fingerprint density at radius 2 is 1.94 bits per heavy atom. The maximum atomic E-state index is 13.6. The van der Waals surface area contributed by atoms with E-state index in [9.17, 15) is 34.8 Å². The fraction of sp³-hybridized carbons (Fsp3) is 0.458. The Balaban J connectivity index is 1.86. The van der Waals surface area contributed by atoms with Crippen molar-refractivity contribution in [2.45, 2.75) is 31.0 Å². The van der Waals surface area contributed by atoms with E-state index in [0.717, 1.165) is 0 Å². The molecule has 0 aliphatic heterocycles. The van der Waals surface area contributed by atoms with Crippen LogP contribution in [0.25, 0.3) is 0 Å². The summed E-state index contributed by atoms with van der Waals surface area (Å²) in [6.45, 7) is 0.445. The van der Waals surface area contributed by atoms with Crippen LogP contribution in [0.5, 0.6) is 5.75 Å². The number of fused-ring (bicyclic) bond motifs is 3. The van der Waals surface area contributed by atoms with Gasteiger partial charge in [-0.2, -0.15) is 0 Å². The molecule has 3 aliphatic carbocycles. The smallest absolute Gasteiger partial charge is 0.255 e. The molecule has 4 atom stereocenters. The molecule has 188 valence electrons. The van der Waals surface area contributed by atoms with Crippen LogP contribution in [-0.2, 0) is 27.3 Å². The second-order valence-corrected chi connectivity index (χ2v) is 9.43. The molecule has 0 radical (unpaired) electrons. The number of methoxy groups -OCH3 is 1. The number of aromatic hydroxyl groups is 1. The van der Waals surface area contributed by atoms with Gasteiger partial charge in [0.25, 0.3) is 5.91 Å². The number of hydrogen-bond donors (Lipinski definition) is 6. The van der Waals surface area contributed by atoms with E-state index < -0.39 is 58.0 Å². The molecule has 0 aromatic heterocycles. The molecule has 0 bridgehead atoms. The second-order valence-electron chi connectivity index (χ2n) is 9.43. The van der Waals surface area contributed by atoms with Crippen LogP contribution in [0.3, 0.4) is 0 Å². The number of carbonyl (C=O) groups excluding carboxylic acids is 3. The molecule has 35 heavy (non-hydrogen) atoms. The minimum atomic E-state index is -2.64. The van der Waals surface area contributed by atoms with Crippen LogP contribution in [0.4, 0.5) is 0 Å². The largest absolute Gasteiger partial charge is 0.510 e. The van der Waals surface area contributed by atoms with Gasteiger partial charge in [0.05, 0.1) is 18.3 Å². The number of ether oxygens (including phenoxy) is 1. The van der Waals surface area contributed by atoms with Gasteiger partial charge in [-0.25, -0.2) is 0 Å². The SMILES string of the molecule is COCNCc1ccc2c(c1O)C(=O)C1=C(O)[C@]3(O)C(=O)C(C(N)=O)=C(O)[C@@H](N(C)C)[C@@H]3C[C@@H]1C2. The van der Waals surface area contributed by atoms with E-state index in [2.05, 4.69) is 5.32 Å². The van der Waals surface area contributed by atoms with Gasteiger partial charge < -0.3 is 30.9 Å². The summed E-state index contributed by atoms with van der Waals surface area (Å²) in [7, 11) is 4.68. The Kier molecular flexibility index (Phi) is 6.22. The summed E-state index contributed by atoms with van der Waals surface area (Å²) < 4.78 is 4.93. The van der Waals surface area contributed by atoms with Gasteiger partial charge in [-0.15, -0.1) is 0 Å². The van der Waals surface area contributed by atoms with Crippen LogP contribution in [0, 0.1) is 11.8 Å². The number of aliphatic hydroxyl groups is 3. The standard InChI is InChI=1S/C24H29N3O8/c1-27(2)17-13-7-12-6-10-4-5-11(8-26-9-35-3)18(28)14(10)19(29)15(12)21(31)24(13,34)22(32)16(20(17)30)23(25)33/h4-5,12-13,17,26,28,30-31,34H,6-9H2,1-3H3,(H2,25,33)/t12-,13-,17-,24-/m0/s1. The van der Waals surface area contributed by atoms with Crippen molar-refractivity contribution in [3.05, 3.63) is 51.5 Å². The molecular weight excluding hydrogens is 458 g/mol. The molecule has 7 N–H and O–H groups in total. The van der Waals surface area contributed by atoms with Crippen LogP contribution in [-0.4, -0.2) is 82.4 Å². The predicted molar refractivity (Wildman–Crippen MR) is 122 cm³/mol. The Labute approximate surface area is 201 Å². The first-order chi connectivity index (χ1) is 16.5. The zero-order valence-corrected chi connectivity index (χ0v) is 19.7. The van der Waals surface area contributed by atoms with Crippen LogP contribution < -0.4 is 11.1 Å². The number of aliphatic hydroxyl groups excluding tert-OH is 2. The molecule has 0 spiro atoms. The summed E-state index contributed by atoms with van der Waals surface area (Å²) in [5.74, 6) is -6.57. The number of allylic oxidation sites excluding steroid dienone is 1. The number of benzene rings is 1. The summed E-state index contributed by atoms with van der Waals surface area (Å²) in [6, 6.07) is 2.41. The van der Waals surface area contributed by atoms with Gasteiger partial charge in [0, 0.05) is 30.7 Å². The van der Waals surface area contributed by atoms with E-state index in [1.165, 1.54) is 12.0 Å². The fourth-order valence-corrected chi connectivity index (χ4v) is 5.70. The Hall–Kier alpha value is -3.25. The molecule has 11 nitrogen and oxygen atoms in total. The number of rotatable bonds is 6. The number of ketones is 2. The summed E-state index contributed by atoms with van der Waals surface area (Å²) in [6.07, 6.45) is 0.317. The van der Waals surface area contributed by atoms with E-state index in [4.69, 9.17) is 10.5 Å². The molecule has 4 rings (SSSR count). The van der Waals surface area contributed by atoms with Crippen LogP contribution in [0.2, 0.25) is 0 Å². The molecule has 0 saturated heterocycles. The van der Waals surface area contributed by atoms with Crippen molar-refractivity contribution in [3.63, 3.8) is 0 Å². The van der Waals surface area contributed by atoms with Crippen molar-refractivity contribution in [2.75, 3.05) is 27.9 Å². The number of nitrogens with zero attached hydrogens (tertiary/aromatic N) is 1. The number of nitrogens with two attached hydrogens (primary N) is 1. The van der Waals surface area contributed by atoms with Gasteiger partial charge in [0.1, 0.15) is 22.8 Å². The van der Waals surface area contributed by atoms with Crippen molar-refractivity contribution >= 4 is 17.5 Å². The lowest BCUT2D eigenvalue weighted by Gasteiger charge is -2.50. The zero-order valence-electron chi connectivity index (χ0n) is 19.7. The van der Waals surface area contributed by atoms with Gasteiger partial charge in [-0.3, -0.25) is 24.6 Å². The lowest BCUT2D eigenvalue weighted by molar-refractivity contribution is -0.148. The topological polar surface area (TPSA) is 183 Å². The molecule has 1 aromatic rings. The van der Waals surface area contributed by atoms with Crippen LogP contribution in [0.1, 0.15) is 27.9 Å². The maximum Gasteiger partial charge on any atom is 0.255 e. The van der Waals surface area contributed by atoms with E-state index in [1.54, 1.807) is 26.2 Å².